The van der Waals surface area contributed by atoms with Crippen molar-refractivity contribution < 1.29 is 18.0 Å². The van der Waals surface area contributed by atoms with Gasteiger partial charge in [0.15, 0.2) is 0 Å². The van der Waals surface area contributed by atoms with Crippen molar-refractivity contribution in [3.05, 3.63) is 121 Å². The van der Waals surface area contributed by atoms with E-state index in [4.69, 9.17) is 0 Å². The molecule has 174 valence electrons. The summed E-state index contributed by atoms with van der Waals surface area (Å²) in [6, 6.07) is 44.3. The molecule has 0 aliphatic heterocycles. The number of hydrogen-bond donors (Lipinski definition) is 0. The first kappa shape index (κ1) is 26.0. The van der Waals surface area contributed by atoms with Crippen LogP contribution >= 0.6 is 15.8 Å². The Bertz CT molecular complexity index is 844. The second kappa shape index (κ2) is 15.3. The van der Waals surface area contributed by atoms with E-state index in [1.54, 1.807) is 0 Å². The molecular formula is C30H34P2Pd. The van der Waals surface area contributed by atoms with Gasteiger partial charge < -0.3 is 0 Å². The van der Waals surface area contributed by atoms with Gasteiger partial charge in [-0.15, -0.1) is 0 Å². The van der Waals surface area contributed by atoms with Crippen LogP contribution in [0.3, 0.4) is 0 Å². The summed E-state index contributed by atoms with van der Waals surface area (Å²) in [7, 11) is -0.566. The van der Waals surface area contributed by atoms with Gasteiger partial charge in [0.2, 0.25) is 0 Å². The van der Waals surface area contributed by atoms with E-state index in [2.05, 4.69) is 132 Å². The van der Waals surface area contributed by atoms with E-state index >= 15 is 0 Å². The van der Waals surface area contributed by atoms with Crippen LogP contribution in [0.5, 0.6) is 0 Å². The van der Waals surface area contributed by atoms with Gasteiger partial charge in [-0.3, -0.25) is 0 Å². The summed E-state index contributed by atoms with van der Waals surface area (Å²) in [4.78, 5) is 0. The van der Waals surface area contributed by atoms with Gasteiger partial charge in [-0.1, -0.05) is 121 Å². The summed E-state index contributed by atoms with van der Waals surface area (Å²) in [5.41, 5.74) is 0. The number of rotatable bonds is 9. The maximum absolute atomic E-state index is 2.31. The normalized spacial score (nSPS) is 10.8. The van der Waals surface area contributed by atoms with Crippen molar-refractivity contribution in [3.63, 3.8) is 0 Å². The molecule has 0 amide bonds. The molecule has 0 heterocycles. The van der Waals surface area contributed by atoms with Crippen molar-refractivity contribution in [2.45, 2.75) is 23.6 Å². The first-order valence-corrected chi connectivity index (χ1v) is 17.5. The van der Waals surface area contributed by atoms with E-state index in [1.807, 2.05) is 0 Å². The summed E-state index contributed by atoms with van der Waals surface area (Å²) in [6.45, 7) is 0. The zero-order valence-electron chi connectivity index (χ0n) is 19.6. The second-order valence-corrected chi connectivity index (χ2v) is 13.9. The molecule has 0 unspecified atom stereocenters. The molecular weight excluding hydrogens is 529 g/mol. The molecule has 0 fully saturated rings. The molecule has 4 rings (SSSR count). The Morgan fingerprint density at radius 2 is 0.636 bits per heavy atom. The monoisotopic (exact) mass is 562 g/mol. The average molecular weight is 563 g/mol. The Morgan fingerprint density at radius 3 is 0.848 bits per heavy atom. The molecule has 0 aliphatic rings. The van der Waals surface area contributed by atoms with E-state index in [0.717, 1.165) is 18.0 Å². The minimum absolute atomic E-state index is 0.283. The van der Waals surface area contributed by atoms with Crippen LogP contribution in [0.1, 0.15) is 12.8 Å². The molecule has 0 nitrogen and oxygen atoms in total. The molecule has 4 aromatic rings. The van der Waals surface area contributed by atoms with Crippen molar-refractivity contribution in [3.8, 4) is 0 Å². The molecule has 3 heteroatoms. The smallest absolute Gasteiger partial charge is 0.0195 e. The van der Waals surface area contributed by atoms with Crippen LogP contribution in [0.25, 0.3) is 0 Å². The van der Waals surface area contributed by atoms with Gasteiger partial charge >= 0.3 is 28.8 Å². The van der Waals surface area contributed by atoms with Gasteiger partial charge in [0.25, 0.3) is 0 Å². The third kappa shape index (κ3) is 8.60. The number of hydrogen-bond acceptors (Lipinski definition) is 0. The van der Waals surface area contributed by atoms with Gasteiger partial charge in [0, 0.05) is 0 Å². The Balaban J connectivity index is 0.000000968. The van der Waals surface area contributed by atoms with Gasteiger partial charge in [-0.2, -0.15) is 0 Å². The summed E-state index contributed by atoms with van der Waals surface area (Å²) < 4.78 is 0. The van der Waals surface area contributed by atoms with Crippen LogP contribution in [-0.2, 0) is 18.0 Å². The quantitative estimate of drug-likeness (QED) is 0.115. The molecule has 0 N–H and O–H groups in total. The second-order valence-electron chi connectivity index (χ2n) is 7.67. The van der Waals surface area contributed by atoms with Crippen molar-refractivity contribution in [1.29, 1.82) is 0 Å². The van der Waals surface area contributed by atoms with E-state index in [0.29, 0.717) is 0 Å². The van der Waals surface area contributed by atoms with E-state index in [9.17, 15) is 0 Å². The van der Waals surface area contributed by atoms with Crippen LogP contribution in [0.4, 0.5) is 0 Å². The fourth-order valence-corrected chi connectivity index (χ4v) is 8.62. The van der Waals surface area contributed by atoms with Crippen LogP contribution in [0, 0.1) is 0 Å². The van der Waals surface area contributed by atoms with Crippen molar-refractivity contribution in [1.82, 2.24) is 0 Å². The number of benzene rings is 4. The molecule has 0 bridgehead atoms. The maximum atomic E-state index is 2.31. The van der Waals surface area contributed by atoms with Crippen LogP contribution < -0.4 is 21.2 Å². The topological polar surface area (TPSA) is 0 Å². The fourth-order valence-electron chi connectivity index (χ4n) is 3.79. The largest absolute Gasteiger partial charge is 0.0622 e. The molecule has 0 aromatic heterocycles. The van der Waals surface area contributed by atoms with E-state index < -0.39 is 0 Å². The third-order valence-corrected chi connectivity index (χ3v) is 10.5. The van der Waals surface area contributed by atoms with Crippen LogP contribution in [-0.4, -0.2) is 12.3 Å². The average Bonchev–Trinajstić information content (AvgIpc) is 2.89. The first-order valence-electron chi connectivity index (χ1n) is 11.3. The van der Waals surface area contributed by atoms with Gasteiger partial charge in [-0.05, 0) is 62.2 Å². The zero-order valence-corrected chi connectivity index (χ0v) is 22.9. The predicted octanol–water partition coefficient (Wildman–Crippen LogP) is 7.20. The SMILES string of the molecule is [CH3][Pd][CH3].c1ccc(P(CCCCP(c2ccccc2)c2ccccc2)c2ccccc2)cc1. The molecule has 0 spiro atoms. The Morgan fingerprint density at radius 1 is 0.424 bits per heavy atom. The Kier molecular flexibility index (Phi) is 12.1. The van der Waals surface area contributed by atoms with Crippen molar-refractivity contribution in [2.24, 2.45) is 0 Å². The van der Waals surface area contributed by atoms with E-state index in [1.165, 1.54) is 46.4 Å². The molecule has 0 radical (unpaired) electrons. The fraction of sp³-hybridized carbons (Fsp3) is 0.200. The molecule has 0 saturated heterocycles. The van der Waals surface area contributed by atoms with Gasteiger partial charge in [0.05, 0.1) is 0 Å². The van der Waals surface area contributed by atoms with Crippen LogP contribution in [0.15, 0.2) is 121 Å². The minimum Gasteiger partial charge on any atom is -0.0622 e. The van der Waals surface area contributed by atoms with Gasteiger partial charge in [0.1, 0.15) is 0 Å². The minimum atomic E-state index is -0.283. The summed E-state index contributed by atoms with van der Waals surface area (Å²) in [5.74, 6) is 0. The summed E-state index contributed by atoms with van der Waals surface area (Å²) in [5, 5.41) is 10.3. The molecule has 0 aliphatic carbocycles. The maximum Gasteiger partial charge on any atom is -0.0195 e. The summed E-state index contributed by atoms with van der Waals surface area (Å²) >= 11 is 0.950. The first-order chi connectivity index (χ1) is 16.3. The summed E-state index contributed by atoms with van der Waals surface area (Å²) in [6.07, 6.45) is 5.06. The molecule has 4 aromatic carbocycles. The van der Waals surface area contributed by atoms with Crippen LogP contribution in [0.2, 0.25) is 10.8 Å². The zero-order chi connectivity index (χ0) is 23.1. The molecule has 0 saturated carbocycles. The standard InChI is InChI=1S/C28H28P2.2CH3.Pd/c1-5-15-25(16-6-1)29(26-17-7-2-8-18-26)23-13-14-24-30(27-19-9-3-10-20-27)28-21-11-4-12-22-28;;;/h1-12,15-22H,13-14,23-24H2;2*1H3;. The third-order valence-electron chi connectivity index (χ3n) is 5.28. The molecule has 0 atom stereocenters. The van der Waals surface area contributed by atoms with Gasteiger partial charge in [-0.25, -0.2) is 0 Å². The van der Waals surface area contributed by atoms with Crippen molar-refractivity contribution in [2.75, 3.05) is 12.3 Å². The Labute approximate surface area is 211 Å². The molecule has 33 heavy (non-hydrogen) atoms. The van der Waals surface area contributed by atoms with Crippen molar-refractivity contribution >= 4 is 37.1 Å². The van der Waals surface area contributed by atoms with E-state index in [-0.39, 0.29) is 15.8 Å². The number of unbranched alkanes of at least 4 members (excludes halogenated alkanes) is 1. The predicted molar refractivity (Wildman–Crippen MR) is 149 cm³/mol. The Hall–Kier alpha value is -1.60.